The van der Waals surface area contributed by atoms with Gasteiger partial charge in [-0.05, 0) is 59.2 Å². The molecule has 0 radical (unpaired) electrons. The van der Waals surface area contributed by atoms with E-state index in [9.17, 15) is 8.42 Å². The summed E-state index contributed by atoms with van der Waals surface area (Å²) in [6.07, 6.45) is 0.583. The van der Waals surface area contributed by atoms with Gasteiger partial charge in [0.1, 0.15) is 5.75 Å². The van der Waals surface area contributed by atoms with Gasteiger partial charge >= 0.3 is 0 Å². The Labute approximate surface area is 171 Å². The van der Waals surface area contributed by atoms with Crippen LogP contribution in [0.15, 0.2) is 59.5 Å². The predicted molar refractivity (Wildman–Crippen MR) is 113 cm³/mol. The highest BCUT2D eigenvalue weighted by atomic mass is 32.2. The molecule has 7 heteroatoms. The van der Waals surface area contributed by atoms with Crippen molar-refractivity contribution in [3.63, 3.8) is 0 Å². The summed E-state index contributed by atoms with van der Waals surface area (Å²) in [6, 6.07) is 15.6. The van der Waals surface area contributed by atoms with E-state index < -0.39 is 16.1 Å². The van der Waals surface area contributed by atoms with Crippen molar-refractivity contribution in [1.29, 1.82) is 0 Å². The smallest absolute Gasteiger partial charge is 0.241 e. The molecule has 0 aliphatic carbocycles. The van der Waals surface area contributed by atoms with E-state index in [2.05, 4.69) is 4.72 Å². The van der Waals surface area contributed by atoms with Crippen molar-refractivity contribution >= 4 is 20.8 Å². The molecule has 0 saturated heterocycles. The van der Waals surface area contributed by atoms with Gasteiger partial charge in [0.15, 0.2) is 11.5 Å². The molecule has 3 rings (SSSR count). The van der Waals surface area contributed by atoms with Crippen LogP contribution in [0.5, 0.6) is 17.2 Å². The molecule has 0 aromatic heterocycles. The summed E-state index contributed by atoms with van der Waals surface area (Å²) in [4.78, 5) is 0.217. The van der Waals surface area contributed by atoms with Gasteiger partial charge < -0.3 is 14.2 Å². The van der Waals surface area contributed by atoms with Crippen LogP contribution in [0.25, 0.3) is 10.8 Å². The maximum absolute atomic E-state index is 13.0. The third-order valence-electron chi connectivity index (χ3n) is 4.84. The molecule has 0 aliphatic rings. The molecule has 1 atom stereocenters. The molecule has 1 N–H and O–H groups in total. The van der Waals surface area contributed by atoms with Crippen molar-refractivity contribution in [1.82, 2.24) is 4.72 Å². The summed E-state index contributed by atoms with van der Waals surface area (Å²) in [5.74, 6) is 1.88. The zero-order valence-electron chi connectivity index (χ0n) is 16.9. The van der Waals surface area contributed by atoms with Crippen LogP contribution in [-0.2, 0) is 10.0 Å². The SMILES string of the molecule is CC[C@@H](NS(=O)(=O)c1ccc2cc(OC)ccc2c1)c1ccc(OC)c(OC)c1. The number of hydrogen-bond acceptors (Lipinski definition) is 5. The highest BCUT2D eigenvalue weighted by molar-refractivity contribution is 7.89. The van der Waals surface area contributed by atoms with E-state index in [0.29, 0.717) is 17.9 Å². The van der Waals surface area contributed by atoms with Crippen LogP contribution in [0.2, 0.25) is 0 Å². The van der Waals surface area contributed by atoms with Crippen LogP contribution >= 0.6 is 0 Å². The van der Waals surface area contributed by atoms with Gasteiger partial charge in [-0.3, -0.25) is 0 Å². The molecule has 6 nitrogen and oxygen atoms in total. The van der Waals surface area contributed by atoms with Crippen LogP contribution < -0.4 is 18.9 Å². The first kappa shape index (κ1) is 21.0. The zero-order chi connectivity index (χ0) is 21.0. The van der Waals surface area contributed by atoms with Gasteiger partial charge in [-0.25, -0.2) is 13.1 Å². The summed E-state index contributed by atoms with van der Waals surface area (Å²) in [5, 5.41) is 1.74. The van der Waals surface area contributed by atoms with Gasteiger partial charge in [0, 0.05) is 6.04 Å². The Morgan fingerprint density at radius 2 is 1.52 bits per heavy atom. The van der Waals surface area contributed by atoms with Crippen molar-refractivity contribution in [2.45, 2.75) is 24.3 Å². The van der Waals surface area contributed by atoms with E-state index in [1.165, 1.54) is 0 Å². The number of rotatable bonds is 8. The minimum Gasteiger partial charge on any atom is -0.497 e. The van der Waals surface area contributed by atoms with Gasteiger partial charge in [0.2, 0.25) is 10.0 Å². The fourth-order valence-electron chi connectivity index (χ4n) is 3.21. The van der Waals surface area contributed by atoms with Crippen molar-refractivity contribution in [3.05, 3.63) is 60.2 Å². The fourth-order valence-corrected chi connectivity index (χ4v) is 4.55. The van der Waals surface area contributed by atoms with E-state index in [1.54, 1.807) is 51.7 Å². The summed E-state index contributed by atoms with van der Waals surface area (Å²) in [5.41, 5.74) is 0.805. The first-order chi connectivity index (χ1) is 13.9. The van der Waals surface area contributed by atoms with Crippen molar-refractivity contribution in [2.24, 2.45) is 0 Å². The number of sulfonamides is 1. The molecule has 154 valence electrons. The Morgan fingerprint density at radius 1 is 0.828 bits per heavy atom. The summed E-state index contributed by atoms with van der Waals surface area (Å²) >= 11 is 0. The molecule has 0 spiro atoms. The Balaban J connectivity index is 1.91. The van der Waals surface area contributed by atoms with E-state index in [4.69, 9.17) is 14.2 Å². The monoisotopic (exact) mass is 415 g/mol. The Hall–Kier alpha value is -2.77. The molecular formula is C22H25NO5S. The minimum atomic E-state index is -3.72. The molecular weight excluding hydrogens is 390 g/mol. The van der Waals surface area contributed by atoms with Crippen LogP contribution in [0.4, 0.5) is 0 Å². The third kappa shape index (κ3) is 4.46. The van der Waals surface area contributed by atoms with E-state index >= 15 is 0 Å². The Kier molecular flexibility index (Phi) is 6.30. The fraction of sp³-hybridized carbons (Fsp3) is 0.273. The van der Waals surface area contributed by atoms with Crippen molar-refractivity contribution in [2.75, 3.05) is 21.3 Å². The standard InChI is InChI=1S/C22H25NO5S/c1-5-20(17-8-11-21(27-3)22(14-17)28-4)23-29(24,25)19-10-7-15-12-18(26-2)9-6-16(15)13-19/h6-14,20,23H,5H2,1-4H3/t20-/m1/s1. The maximum Gasteiger partial charge on any atom is 0.241 e. The molecule has 0 heterocycles. The molecule has 0 aliphatic heterocycles. The second-order valence-electron chi connectivity index (χ2n) is 6.57. The first-order valence-electron chi connectivity index (χ1n) is 9.24. The van der Waals surface area contributed by atoms with Gasteiger partial charge in [-0.2, -0.15) is 0 Å². The largest absolute Gasteiger partial charge is 0.497 e. The number of hydrogen-bond donors (Lipinski definition) is 1. The molecule has 3 aromatic carbocycles. The maximum atomic E-state index is 13.0. The molecule has 3 aromatic rings. The van der Waals surface area contributed by atoms with E-state index in [0.717, 1.165) is 22.1 Å². The molecule has 29 heavy (non-hydrogen) atoms. The number of benzene rings is 3. The zero-order valence-corrected chi connectivity index (χ0v) is 17.7. The van der Waals surface area contributed by atoms with Crippen LogP contribution in [0, 0.1) is 0 Å². The lowest BCUT2D eigenvalue weighted by molar-refractivity contribution is 0.354. The lowest BCUT2D eigenvalue weighted by Crippen LogP contribution is -2.28. The molecule has 0 bridgehead atoms. The molecule has 0 saturated carbocycles. The topological polar surface area (TPSA) is 73.9 Å². The number of ether oxygens (including phenoxy) is 3. The Bertz CT molecular complexity index is 1110. The van der Waals surface area contributed by atoms with Gasteiger partial charge in [0.25, 0.3) is 0 Å². The lowest BCUT2D eigenvalue weighted by atomic mass is 10.1. The molecule has 0 fully saturated rings. The number of nitrogens with one attached hydrogen (secondary N) is 1. The van der Waals surface area contributed by atoms with Crippen molar-refractivity contribution in [3.8, 4) is 17.2 Å². The van der Waals surface area contributed by atoms with Crippen LogP contribution in [-0.4, -0.2) is 29.7 Å². The number of fused-ring (bicyclic) bond motifs is 1. The normalized spacial score (nSPS) is 12.6. The van der Waals surface area contributed by atoms with E-state index in [1.807, 2.05) is 31.2 Å². The quantitative estimate of drug-likeness (QED) is 0.594. The molecule has 0 unspecified atom stereocenters. The summed E-state index contributed by atoms with van der Waals surface area (Å²) in [7, 11) is 0.999. The summed E-state index contributed by atoms with van der Waals surface area (Å²) in [6.45, 7) is 1.93. The second-order valence-corrected chi connectivity index (χ2v) is 8.29. The van der Waals surface area contributed by atoms with E-state index in [-0.39, 0.29) is 4.90 Å². The number of methoxy groups -OCH3 is 3. The van der Waals surface area contributed by atoms with Crippen LogP contribution in [0.3, 0.4) is 0 Å². The highest BCUT2D eigenvalue weighted by Crippen LogP contribution is 2.32. The average molecular weight is 416 g/mol. The second kappa shape index (κ2) is 8.71. The minimum absolute atomic E-state index is 0.217. The van der Waals surface area contributed by atoms with Crippen molar-refractivity contribution < 1.29 is 22.6 Å². The highest BCUT2D eigenvalue weighted by Gasteiger charge is 2.22. The molecule has 0 amide bonds. The first-order valence-corrected chi connectivity index (χ1v) is 10.7. The van der Waals surface area contributed by atoms with Gasteiger partial charge in [-0.1, -0.05) is 25.1 Å². The predicted octanol–water partition coefficient (Wildman–Crippen LogP) is 4.30. The van der Waals surface area contributed by atoms with Crippen LogP contribution in [0.1, 0.15) is 24.9 Å². The van der Waals surface area contributed by atoms with Gasteiger partial charge in [0.05, 0.1) is 26.2 Å². The van der Waals surface area contributed by atoms with Gasteiger partial charge in [-0.15, -0.1) is 0 Å². The lowest BCUT2D eigenvalue weighted by Gasteiger charge is -2.19. The Morgan fingerprint density at radius 3 is 2.17 bits per heavy atom. The average Bonchev–Trinajstić information content (AvgIpc) is 2.76. The summed E-state index contributed by atoms with van der Waals surface area (Å²) < 4.78 is 44.7. The third-order valence-corrected chi connectivity index (χ3v) is 6.31.